The van der Waals surface area contributed by atoms with E-state index in [0.29, 0.717) is 30.1 Å². The number of nitrogens with two attached hydrogens (primary N) is 1. The predicted molar refractivity (Wildman–Crippen MR) is 118 cm³/mol. The molecule has 0 spiro atoms. The summed E-state index contributed by atoms with van der Waals surface area (Å²) in [5, 5.41) is 9.15. The second kappa shape index (κ2) is 8.99. The molecule has 7 nitrogen and oxygen atoms in total. The summed E-state index contributed by atoms with van der Waals surface area (Å²) in [6, 6.07) is 12.9. The number of benzene rings is 2. The van der Waals surface area contributed by atoms with Crippen LogP contribution >= 0.6 is 11.6 Å². The van der Waals surface area contributed by atoms with E-state index in [1.165, 1.54) is 12.1 Å². The van der Waals surface area contributed by atoms with Crippen LogP contribution in [0.5, 0.6) is 5.75 Å². The molecule has 1 aliphatic heterocycles. The van der Waals surface area contributed by atoms with E-state index in [1.807, 2.05) is 0 Å². The molecule has 32 heavy (non-hydrogen) atoms. The van der Waals surface area contributed by atoms with Crippen LogP contribution in [0.4, 0.5) is 4.39 Å². The predicted octanol–water partition coefficient (Wildman–Crippen LogP) is 3.78. The van der Waals surface area contributed by atoms with Crippen molar-refractivity contribution in [2.75, 3.05) is 20.2 Å². The first-order valence-corrected chi connectivity index (χ1v) is 10.5. The highest BCUT2D eigenvalue weighted by Gasteiger charge is 2.29. The van der Waals surface area contributed by atoms with Gasteiger partial charge in [0, 0.05) is 30.4 Å². The molecule has 4 rings (SSSR count). The number of carbonyl (C=O) groups excluding carboxylic acids is 1. The lowest BCUT2D eigenvalue weighted by Crippen LogP contribution is -2.45. The molecule has 2 aromatic carbocycles. The number of ether oxygens (including phenoxy) is 1. The van der Waals surface area contributed by atoms with E-state index in [9.17, 15) is 9.18 Å². The molecule has 1 fully saturated rings. The number of likely N-dealkylation sites (tertiary alicyclic amines) is 1. The first kappa shape index (κ1) is 21.8. The third kappa shape index (κ3) is 4.05. The molecular weight excluding hydrogens is 433 g/mol. The van der Waals surface area contributed by atoms with Gasteiger partial charge in [-0.05, 0) is 55.3 Å². The van der Waals surface area contributed by atoms with Crippen LogP contribution in [-0.4, -0.2) is 46.6 Å². The minimum atomic E-state index is -0.680. The summed E-state index contributed by atoms with van der Waals surface area (Å²) in [6.07, 6.45) is 1.66. The Bertz CT molecular complexity index is 1200. The third-order valence-electron chi connectivity index (χ3n) is 5.45. The second-order valence-corrected chi connectivity index (χ2v) is 7.93. The monoisotopic (exact) mass is 453 g/mol. The second-order valence-electron chi connectivity index (χ2n) is 7.57. The van der Waals surface area contributed by atoms with E-state index in [4.69, 9.17) is 27.3 Å². The maximum atomic E-state index is 14.4. The minimum Gasteiger partial charge on any atom is -0.497 e. The maximum Gasteiger partial charge on any atom is 0.275 e. The van der Waals surface area contributed by atoms with Gasteiger partial charge in [-0.3, -0.25) is 9.36 Å². The lowest BCUT2D eigenvalue weighted by molar-refractivity contribution is 0.0703. The first-order chi connectivity index (χ1) is 15.4. The smallest absolute Gasteiger partial charge is 0.275 e. The van der Waals surface area contributed by atoms with Gasteiger partial charge in [-0.1, -0.05) is 11.6 Å². The first-order valence-electron chi connectivity index (χ1n) is 10.1. The van der Waals surface area contributed by atoms with Crippen molar-refractivity contribution in [2.45, 2.75) is 18.9 Å². The highest BCUT2D eigenvalue weighted by atomic mass is 35.5. The fourth-order valence-corrected chi connectivity index (χ4v) is 4.09. The number of hydrogen-bond acceptors (Lipinski definition) is 5. The van der Waals surface area contributed by atoms with Crippen molar-refractivity contribution in [3.05, 3.63) is 64.7 Å². The van der Waals surface area contributed by atoms with Gasteiger partial charge in [0.05, 0.1) is 12.7 Å². The summed E-state index contributed by atoms with van der Waals surface area (Å²) < 4.78 is 21.2. The Morgan fingerprint density at radius 3 is 2.69 bits per heavy atom. The summed E-state index contributed by atoms with van der Waals surface area (Å²) >= 11 is 6.68. The van der Waals surface area contributed by atoms with E-state index in [0.717, 1.165) is 12.8 Å². The Hall–Kier alpha value is -3.41. The number of aromatic nitrogens is 2. The Morgan fingerprint density at radius 2 is 2.06 bits per heavy atom. The van der Waals surface area contributed by atoms with E-state index in [-0.39, 0.29) is 34.2 Å². The summed E-state index contributed by atoms with van der Waals surface area (Å²) in [6.45, 7) is 0.991. The van der Waals surface area contributed by atoms with Crippen LogP contribution < -0.4 is 10.5 Å². The molecule has 1 aromatic heterocycles. The number of carbonyl (C=O) groups is 1. The van der Waals surface area contributed by atoms with Gasteiger partial charge in [0.15, 0.2) is 5.69 Å². The molecule has 2 N–H and O–H groups in total. The van der Waals surface area contributed by atoms with Crippen LogP contribution in [0.2, 0.25) is 5.15 Å². The van der Waals surface area contributed by atoms with Gasteiger partial charge >= 0.3 is 0 Å². The Balaban J connectivity index is 1.85. The van der Waals surface area contributed by atoms with Crippen LogP contribution in [0, 0.1) is 17.1 Å². The van der Waals surface area contributed by atoms with Crippen LogP contribution in [-0.2, 0) is 0 Å². The van der Waals surface area contributed by atoms with Crippen molar-refractivity contribution in [1.29, 1.82) is 5.26 Å². The summed E-state index contributed by atoms with van der Waals surface area (Å²) in [5.74, 6) is -0.0733. The molecule has 0 unspecified atom stereocenters. The molecule has 9 heteroatoms. The molecule has 0 saturated carbocycles. The largest absolute Gasteiger partial charge is 0.497 e. The van der Waals surface area contributed by atoms with E-state index < -0.39 is 5.82 Å². The van der Waals surface area contributed by atoms with Crippen LogP contribution in [0.3, 0.4) is 0 Å². The Labute approximate surface area is 189 Å². The molecule has 3 aromatic rings. The fraction of sp³-hybridized carbons (Fsp3) is 0.261. The van der Waals surface area contributed by atoms with Crippen molar-refractivity contribution < 1.29 is 13.9 Å². The van der Waals surface area contributed by atoms with Gasteiger partial charge in [-0.2, -0.15) is 5.26 Å². The lowest BCUT2D eigenvalue weighted by Gasteiger charge is -2.30. The van der Waals surface area contributed by atoms with Crippen molar-refractivity contribution in [2.24, 2.45) is 5.73 Å². The van der Waals surface area contributed by atoms with E-state index >= 15 is 0 Å². The quantitative estimate of drug-likeness (QED) is 0.648. The molecule has 1 aliphatic rings. The minimum absolute atomic E-state index is 0.0661. The van der Waals surface area contributed by atoms with Gasteiger partial charge in [0.25, 0.3) is 5.91 Å². The van der Waals surface area contributed by atoms with E-state index in [2.05, 4.69) is 4.98 Å². The number of hydrogen-bond donors (Lipinski definition) is 1. The number of methoxy groups -OCH3 is 1. The van der Waals surface area contributed by atoms with Gasteiger partial charge in [0.1, 0.15) is 28.6 Å². The fourth-order valence-electron chi connectivity index (χ4n) is 3.79. The molecular formula is C23H21ClFN5O2. The van der Waals surface area contributed by atoms with Crippen LogP contribution in [0.1, 0.15) is 28.9 Å². The third-order valence-corrected chi connectivity index (χ3v) is 5.80. The van der Waals surface area contributed by atoms with Crippen molar-refractivity contribution in [3.8, 4) is 28.9 Å². The number of imidazole rings is 1. The maximum absolute atomic E-state index is 14.4. The highest BCUT2D eigenvalue weighted by molar-refractivity contribution is 6.33. The number of rotatable bonds is 4. The zero-order valence-electron chi connectivity index (χ0n) is 17.4. The van der Waals surface area contributed by atoms with Crippen molar-refractivity contribution in [1.82, 2.24) is 14.5 Å². The molecule has 1 saturated heterocycles. The molecule has 1 amide bonds. The van der Waals surface area contributed by atoms with Crippen LogP contribution in [0.25, 0.3) is 17.1 Å². The van der Waals surface area contributed by atoms with E-state index in [1.54, 1.807) is 53.0 Å². The van der Waals surface area contributed by atoms with Gasteiger partial charge in [-0.25, -0.2) is 9.37 Å². The Morgan fingerprint density at radius 1 is 1.31 bits per heavy atom. The zero-order chi connectivity index (χ0) is 22.8. The van der Waals surface area contributed by atoms with Crippen molar-refractivity contribution >= 4 is 17.5 Å². The molecule has 1 atom stereocenters. The van der Waals surface area contributed by atoms with Crippen LogP contribution in [0.15, 0.2) is 42.5 Å². The molecule has 0 bridgehead atoms. The standard InChI is InChI=1S/C23H21ClFN5O2/c1-32-18-8-6-17(7-9-18)30-21(24)20(23(31)29-10-2-3-16(27)13-29)28-22(30)14-4-5-15(12-26)19(25)11-14/h4-9,11,16H,2-3,10,13,27H2,1H3/t16-/m0/s1. The molecule has 164 valence electrons. The molecule has 0 aliphatic carbocycles. The van der Waals surface area contributed by atoms with Gasteiger partial charge in [-0.15, -0.1) is 0 Å². The summed E-state index contributed by atoms with van der Waals surface area (Å²) in [4.78, 5) is 19.4. The highest BCUT2D eigenvalue weighted by Crippen LogP contribution is 2.32. The average molecular weight is 454 g/mol. The Kier molecular flexibility index (Phi) is 6.12. The molecule has 0 radical (unpaired) electrons. The average Bonchev–Trinajstić information content (AvgIpc) is 3.15. The van der Waals surface area contributed by atoms with Gasteiger partial charge < -0.3 is 15.4 Å². The van der Waals surface area contributed by atoms with Gasteiger partial charge in [0.2, 0.25) is 0 Å². The molecule has 2 heterocycles. The summed E-state index contributed by atoms with van der Waals surface area (Å²) in [7, 11) is 1.56. The number of nitriles is 1. The number of amides is 1. The number of halogens is 2. The summed E-state index contributed by atoms with van der Waals surface area (Å²) in [5.41, 5.74) is 7.02. The number of piperidine rings is 1. The lowest BCUT2D eigenvalue weighted by atomic mass is 10.1. The topological polar surface area (TPSA) is 97.2 Å². The number of nitrogens with zero attached hydrogens (tertiary/aromatic N) is 4. The SMILES string of the molecule is COc1ccc(-n2c(-c3ccc(C#N)c(F)c3)nc(C(=O)N3CCC[C@H](N)C3)c2Cl)cc1. The normalized spacial score (nSPS) is 16.0. The zero-order valence-corrected chi connectivity index (χ0v) is 18.1. The van der Waals surface area contributed by atoms with Crippen molar-refractivity contribution in [3.63, 3.8) is 0 Å².